The zero-order chi connectivity index (χ0) is 19.3. The minimum atomic E-state index is -0.0544. The van der Waals surface area contributed by atoms with Gasteiger partial charge in [0.05, 0.1) is 10.9 Å². The average molecular weight is 377 g/mol. The van der Waals surface area contributed by atoms with Gasteiger partial charge < -0.3 is 10.6 Å². The summed E-state index contributed by atoms with van der Waals surface area (Å²) in [5, 5.41) is 15.3. The molecule has 2 heterocycles. The number of pyridine rings is 1. The molecule has 2 aromatic heterocycles. The number of aryl methyl sites for hydroxylation is 2. The molecule has 0 bridgehead atoms. The van der Waals surface area contributed by atoms with E-state index in [0.29, 0.717) is 6.04 Å². The highest BCUT2D eigenvalue weighted by atomic mass is 16.1. The van der Waals surface area contributed by atoms with Gasteiger partial charge in [0.15, 0.2) is 0 Å². The number of nitrogens with one attached hydrogen (secondary N) is 3. The van der Waals surface area contributed by atoms with Gasteiger partial charge in [-0.1, -0.05) is 31.4 Å². The molecule has 3 aromatic rings. The third-order valence-electron chi connectivity index (χ3n) is 5.40. The van der Waals surface area contributed by atoms with E-state index in [9.17, 15) is 4.79 Å². The topological polar surface area (TPSA) is 82.7 Å². The Morgan fingerprint density at radius 1 is 1.18 bits per heavy atom. The van der Waals surface area contributed by atoms with Crippen molar-refractivity contribution in [1.29, 1.82) is 0 Å². The molecule has 0 spiro atoms. The summed E-state index contributed by atoms with van der Waals surface area (Å²) in [4.78, 5) is 15.9. The first-order valence-electron chi connectivity index (χ1n) is 10.1. The minimum Gasteiger partial charge on any atom is -0.367 e. The number of fused-ring (bicyclic) bond motifs is 1. The first-order valence-corrected chi connectivity index (χ1v) is 10.1. The first kappa shape index (κ1) is 18.5. The monoisotopic (exact) mass is 377 g/mol. The van der Waals surface area contributed by atoms with Gasteiger partial charge in [0.2, 0.25) is 5.91 Å². The maximum absolute atomic E-state index is 11.3. The van der Waals surface area contributed by atoms with Crippen LogP contribution in [0.1, 0.15) is 50.3 Å². The molecule has 6 heteroatoms. The highest BCUT2D eigenvalue weighted by Crippen LogP contribution is 2.28. The molecule has 1 amide bonds. The van der Waals surface area contributed by atoms with Crippen LogP contribution in [0.25, 0.3) is 10.9 Å². The number of anilines is 2. The van der Waals surface area contributed by atoms with Crippen molar-refractivity contribution >= 4 is 28.3 Å². The predicted octanol–water partition coefficient (Wildman–Crippen LogP) is 4.45. The number of carbonyl (C=O) groups is 1. The Bertz CT molecular complexity index is 958. The largest absolute Gasteiger partial charge is 0.367 e. The second-order valence-electron chi connectivity index (χ2n) is 7.62. The average Bonchev–Trinajstić information content (AvgIpc) is 3.11. The summed E-state index contributed by atoms with van der Waals surface area (Å²) in [6, 6.07) is 10.5. The molecule has 1 saturated carbocycles. The van der Waals surface area contributed by atoms with Crippen molar-refractivity contribution < 1.29 is 4.79 Å². The van der Waals surface area contributed by atoms with Crippen LogP contribution >= 0.6 is 0 Å². The highest BCUT2D eigenvalue weighted by Gasteiger charge is 2.17. The second-order valence-corrected chi connectivity index (χ2v) is 7.62. The van der Waals surface area contributed by atoms with E-state index in [0.717, 1.165) is 40.9 Å². The third kappa shape index (κ3) is 4.32. The van der Waals surface area contributed by atoms with Gasteiger partial charge in [-0.2, -0.15) is 5.10 Å². The van der Waals surface area contributed by atoms with Crippen molar-refractivity contribution in [1.82, 2.24) is 15.2 Å². The van der Waals surface area contributed by atoms with Gasteiger partial charge in [-0.3, -0.25) is 9.89 Å². The van der Waals surface area contributed by atoms with Crippen LogP contribution in [-0.2, 0) is 17.6 Å². The molecule has 0 aliphatic heterocycles. The lowest BCUT2D eigenvalue weighted by atomic mass is 9.95. The van der Waals surface area contributed by atoms with E-state index in [2.05, 4.69) is 31.9 Å². The number of hydrogen-bond acceptors (Lipinski definition) is 4. The van der Waals surface area contributed by atoms with Crippen LogP contribution in [0.3, 0.4) is 0 Å². The van der Waals surface area contributed by atoms with Gasteiger partial charge in [-0.25, -0.2) is 4.98 Å². The van der Waals surface area contributed by atoms with Gasteiger partial charge >= 0.3 is 0 Å². The number of amides is 1. The van der Waals surface area contributed by atoms with E-state index < -0.39 is 0 Å². The van der Waals surface area contributed by atoms with E-state index in [-0.39, 0.29) is 5.91 Å². The molecule has 6 nitrogen and oxygen atoms in total. The summed E-state index contributed by atoms with van der Waals surface area (Å²) < 4.78 is 0. The Morgan fingerprint density at radius 2 is 2.04 bits per heavy atom. The Hall–Kier alpha value is -2.89. The van der Waals surface area contributed by atoms with Crippen molar-refractivity contribution in [2.75, 3.05) is 10.6 Å². The van der Waals surface area contributed by atoms with Gasteiger partial charge in [0.1, 0.15) is 5.82 Å². The number of benzene rings is 1. The summed E-state index contributed by atoms with van der Waals surface area (Å²) >= 11 is 0. The van der Waals surface area contributed by atoms with Gasteiger partial charge in [-0.05, 0) is 49.4 Å². The Labute approximate surface area is 165 Å². The lowest BCUT2D eigenvalue weighted by Gasteiger charge is -2.23. The molecule has 1 aromatic carbocycles. The summed E-state index contributed by atoms with van der Waals surface area (Å²) in [5.41, 5.74) is 4.07. The molecule has 0 saturated heterocycles. The van der Waals surface area contributed by atoms with Crippen LogP contribution in [0.4, 0.5) is 11.5 Å². The Balaban J connectivity index is 1.52. The maximum Gasteiger partial charge on any atom is 0.221 e. The number of aromatic nitrogens is 3. The first-order chi connectivity index (χ1) is 13.7. The van der Waals surface area contributed by atoms with E-state index in [1.165, 1.54) is 44.6 Å². The summed E-state index contributed by atoms with van der Waals surface area (Å²) in [6.45, 7) is 1.53. The quantitative estimate of drug-likeness (QED) is 0.593. The standard InChI is InChI=1S/C22H27N5O/c1-15(28)24-18-9-5-6-16(14-18)10-11-19-21-20(27-26-19)12-13-23-22(21)25-17-7-3-2-4-8-17/h5-6,9,12-14,17H,2-4,7-8,10-11H2,1H3,(H,23,25)(H,24,28)(H,26,27). The lowest BCUT2D eigenvalue weighted by Crippen LogP contribution is -2.23. The van der Waals surface area contributed by atoms with Crippen molar-refractivity contribution in [3.05, 3.63) is 47.8 Å². The Kier molecular flexibility index (Phi) is 5.55. The van der Waals surface area contributed by atoms with E-state index in [1.807, 2.05) is 30.5 Å². The van der Waals surface area contributed by atoms with Crippen LogP contribution in [0.2, 0.25) is 0 Å². The van der Waals surface area contributed by atoms with Crippen molar-refractivity contribution in [3.63, 3.8) is 0 Å². The number of rotatable bonds is 6. The molecule has 28 heavy (non-hydrogen) atoms. The maximum atomic E-state index is 11.3. The van der Waals surface area contributed by atoms with E-state index in [4.69, 9.17) is 0 Å². The number of nitrogens with zero attached hydrogens (tertiary/aromatic N) is 2. The smallest absolute Gasteiger partial charge is 0.221 e. The highest BCUT2D eigenvalue weighted by molar-refractivity contribution is 5.91. The van der Waals surface area contributed by atoms with Crippen LogP contribution in [-0.4, -0.2) is 27.1 Å². The van der Waals surface area contributed by atoms with Crippen molar-refractivity contribution in [2.24, 2.45) is 0 Å². The molecular weight excluding hydrogens is 350 g/mol. The number of carbonyl (C=O) groups excluding carboxylic acids is 1. The van der Waals surface area contributed by atoms with Gasteiger partial charge in [0.25, 0.3) is 0 Å². The molecule has 0 radical (unpaired) electrons. The van der Waals surface area contributed by atoms with Crippen LogP contribution in [0.5, 0.6) is 0 Å². The molecule has 1 aliphatic carbocycles. The van der Waals surface area contributed by atoms with E-state index in [1.54, 1.807) is 0 Å². The summed E-state index contributed by atoms with van der Waals surface area (Å²) in [5.74, 6) is 0.890. The molecule has 1 aliphatic rings. The van der Waals surface area contributed by atoms with Crippen molar-refractivity contribution in [2.45, 2.75) is 57.9 Å². The number of hydrogen-bond donors (Lipinski definition) is 3. The molecular formula is C22H27N5O. The molecule has 0 atom stereocenters. The van der Waals surface area contributed by atoms with Crippen LogP contribution < -0.4 is 10.6 Å². The molecule has 4 rings (SSSR count). The molecule has 0 unspecified atom stereocenters. The zero-order valence-corrected chi connectivity index (χ0v) is 16.3. The Morgan fingerprint density at radius 3 is 2.86 bits per heavy atom. The lowest BCUT2D eigenvalue weighted by molar-refractivity contribution is -0.114. The van der Waals surface area contributed by atoms with Crippen molar-refractivity contribution in [3.8, 4) is 0 Å². The minimum absolute atomic E-state index is 0.0544. The van der Waals surface area contributed by atoms with Gasteiger partial charge in [-0.15, -0.1) is 0 Å². The normalized spacial score (nSPS) is 14.9. The molecule has 1 fully saturated rings. The van der Waals surface area contributed by atoms with Crippen LogP contribution in [0, 0.1) is 0 Å². The number of H-pyrrole nitrogens is 1. The second kappa shape index (κ2) is 8.42. The zero-order valence-electron chi connectivity index (χ0n) is 16.3. The fourth-order valence-corrected chi connectivity index (χ4v) is 4.03. The van der Waals surface area contributed by atoms with E-state index >= 15 is 0 Å². The molecule has 3 N–H and O–H groups in total. The van der Waals surface area contributed by atoms with Gasteiger partial charge in [0, 0.05) is 30.5 Å². The van der Waals surface area contributed by atoms with Crippen LogP contribution in [0.15, 0.2) is 36.5 Å². The summed E-state index contributed by atoms with van der Waals surface area (Å²) in [7, 11) is 0. The third-order valence-corrected chi connectivity index (χ3v) is 5.40. The number of aromatic amines is 1. The predicted molar refractivity (Wildman–Crippen MR) is 113 cm³/mol. The summed E-state index contributed by atoms with van der Waals surface area (Å²) in [6.07, 6.45) is 9.86. The SMILES string of the molecule is CC(=O)Nc1cccc(CCc2[nH]nc3ccnc(NC4CCCCC4)c23)c1. The molecule has 146 valence electrons. The fourth-order valence-electron chi connectivity index (χ4n) is 4.03. The fraction of sp³-hybridized carbons (Fsp3) is 0.409.